The highest BCUT2D eigenvalue weighted by atomic mass is 32.2. The number of nitrogens with zero attached hydrogens (tertiary/aromatic N) is 1. The molecule has 2 heterocycles. The zero-order valence-electron chi connectivity index (χ0n) is 16.6. The lowest BCUT2D eigenvalue weighted by molar-refractivity contribution is -0.113. The van der Waals surface area contributed by atoms with Gasteiger partial charge in [0.15, 0.2) is 11.5 Å². The third kappa shape index (κ3) is 4.33. The van der Waals surface area contributed by atoms with E-state index in [0.717, 1.165) is 21.5 Å². The van der Waals surface area contributed by atoms with Crippen molar-refractivity contribution in [1.29, 1.82) is 0 Å². The first-order valence-corrected chi connectivity index (χ1v) is 10.4. The van der Waals surface area contributed by atoms with Crippen LogP contribution >= 0.6 is 11.8 Å². The second-order valence-corrected chi connectivity index (χ2v) is 7.61. The van der Waals surface area contributed by atoms with E-state index in [1.807, 2.05) is 25.1 Å². The molecule has 0 saturated carbocycles. The molecular weight excluding hydrogens is 404 g/mol. The highest BCUT2D eigenvalue weighted by Crippen LogP contribution is 2.36. The van der Waals surface area contributed by atoms with Crippen molar-refractivity contribution < 1.29 is 23.8 Å². The summed E-state index contributed by atoms with van der Waals surface area (Å²) in [6.45, 7) is 4.22. The smallest absolute Gasteiger partial charge is 0.338 e. The number of anilines is 1. The first kappa shape index (κ1) is 20.0. The third-order valence-corrected chi connectivity index (χ3v) is 5.54. The molecule has 0 radical (unpaired) electrons. The molecule has 2 aromatic carbocycles. The van der Waals surface area contributed by atoms with Crippen LogP contribution < -0.4 is 14.8 Å². The maximum Gasteiger partial charge on any atom is 0.338 e. The molecule has 154 valence electrons. The van der Waals surface area contributed by atoms with Gasteiger partial charge >= 0.3 is 5.97 Å². The van der Waals surface area contributed by atoms with Crippen molar-refractivity contribution in [3.63, 3.8) is 0 Å². The summed E-state index contributed by atoms with van der Waals surface area (Å²) in [5, 5.41) is 4.54. The number of carbonyl (C=O) groups excluding carboxylic acids is 2. The fraction of sp³-hybridized carbons (Fsp3) is 0.227. The first-order chi connectivity index (χ1) is 14.5. The number of amides is 1. The molecule has 0 atom stereocenters. The standard InChI is InChI=1S/C22H20N2O5S/c1-3-27-22(26)14-5-4-6-16(8-14)23-20(25)11-30-21-13(2)7-15-9-18-19(29-12-28-18)10-17(15)24-21/h4-10H,3,11-12H2,1-2H3,(H,23,25). The van der Waals surface area contributed by atoms with Gasteiger partial charge in [-0.15, -0.1) is 0 Å². The molecule has 0 fully saturated rings. The zero-order chi connectivity index (χ0) is 21.1. The van der Waals surface area contributed by atoms with E-state index < -0.39 is 5.97 Å². The Kier molecular flexibility index (Phi) is 5.76. The SMILES string of the molecule is CCOC(=O)c1cccc(NC(=O)CSc2nc3cc4c(cc3cc2C)OCO4)c1. The number of benzene rings is 2. The van der Waals surface area contributed by atoms with Gasteiger partial charge in [0.2, 0.25) is 12.7 Å². The Morgan fingerprint density at radius 2 is 1.97 bits per heavy atom. The minimum atomic E-state index is -0.417. The van der Waals surface area contributed by atoms with Crippen LogP contribution in [-0.4, -0.2) is 36.0 Å². The maximum absolute atomic E-state index is 12.4. The maximum atomic E-state index is 12.4. The largest absolute Gasteiger partial charge is 0.462 e. The van der Waals surface area contributed by atoms with Crippen molar-refractivity contribution >= 4 is 40.2 Å². The second kappa shape index (κ2) is 8.62. The number of fused-ring (bicyclic) bond motifs is 2. The molecule has 0 bridgehead atoms. The highest BCUT2D eigenvalue weighted by molar-refractivity contribution is 8.00. The van der Waals surface area contributed by atoms with Crippen LogP contribution in [0.1, 0.15) is 22.8 Å². The quantitative estimate of drug-likeness (QED) is 0.469. The Labute approximate surface area is 177 Å². The molecule has 0 aliphatic carbocycles. The number of hydrogen-bond acceptors (Lipinski definition) is 7. The molecule has 1 N–H and O–H groups in total. The molecule has 7 nitrogen and oxygen atoms in total. The number of ether oxygens (including phenoxy) is 3. The van der Waals surface area contributed by atoms with Crippen molar-refractivity contribution in [2.75, 3.05) is 24.5 Å². The van der Waals surface area contributed by atoms with E-state index in [-0.39, 0.29) is 18.5 Å². The summed E-state index contributed by atoms with van der Waals surface area (Å²) in [6.07, 6.45) is 0. The number of pyridine rings is 1. The normalized spacial score (nSPS) is 12.1. The topological polar surface area (TPSA) is 86.8 Å². The summed E-state index contributed by atoms with van der Waals surface area (Å²) in [5.74, 6) is 0.975. The van der Waals surface area contributed by atoms with Gasteiger partial charge in [0.05, 0.1) is 23.4 Å². The summed E-state index contributed by atoms with van der Waals surface area (Å²) < 4.78 is 15.8. The number of hydrogen-bond donors (Lipinski definition) is 1. The van der Waals surface area contributed by atoms with Crippen LogP contribution in [0.2, 0.25) is 0 Å². The molecule has 0 spiro atoms. The van der Waals surface area contributed by atoms with Crippen LogP contribution in [-0.2, 0) is 9.53 Å². The van der Waals surface area contributed by atoms with Gasteiger partial charge in [-0.2, -0.15) is 0 Å². The minimum Gasteiger partial charge on any atom is -0.462 e. The van der Waals surface area contributed by atoms with E-state index >= 15 is 0 Å². The zero-order valence-corrected chi connectivity index (χ0v) is 17.4. The van der Waals surface area contributed by atoms with Crippen molar-refractivity contribution in [2.24, 2.45) is 0 Å². The van der Waals surface area contributed by atoms with Gasteiger partial charge in [-0.25, -0.2) is 9.78 Å². The van der Waals surface area contributed by atoms with Crippen LogP contribution in [0.5, 0.6) is 11.5 Å². The van der Waals surface area contributed by atoms with E-state index in [4.69, 9.17) is 14.2 Å². The Hall–Kier alpha value is -3.26. The number of thioether (sulfide) groups is 1. The summed E-state index contributed by atoms with van der Waals surface area (Å²) in [5.41, 5.74) is 2.70. The number of carbonyl (C=O) groups is 2. The van der Waals surface area contributed by atoms with Crippen molar-refractivity contribution in [3.05, 3.63) is 53.6 Å². The summed E-state index contributed by atoms with van der Waals surface area (Å²) >= 11 is 1.35. The average molecular weight is 424 g/mol. The molecule has 1 amide bonds. The average Bonchev–Trinajstić information content (AvgIpc) is 3.18. The predicted molar refractivity (Wildman–Crippen MR) is 114 cm³/mol. The van der Waals surface area contributed by atoms with Crippen molar-refractivity contribution in [1.82, 2.24) is 4.98 Å². The Morgan fingerprint density at radius 1 is 1.17 bits per heavy atom. The Morgan fingerprint density at radius 3 is 2.77 bits per heavy atom. The van der Waals surface area contributed by atoms with Gasteiger partial charge in [-0.05, 0) is 49.7 Å². The van der Waals surface area contributed by atoms with Gasteiger partial charge in [-0.3, -0.25) is 4.79 Å². The summed E-state index contributed by atoms with van der Waals surface area (Å²) in [7, 11) is 0. The van der Waals surface area contributed by atoms with Crippen LogP contribution in [0.25, 0.3) is 10.9 Å². The number of rotatable bonds is 6. The van der Waals surface area contributed by atoms with E-state index in [1.54, 1.807) is 31.2 Å². The molecular formula is C22H20N2O5S. The number of aryl methyl sites for hydroxylation is 1. The molecule has 1 aromatic heterocycles. The lowest BCUT2D eigenvalue weighted by atomic mass is 10.1. The van der Waals surface area contributed by atoms with E-state index in [0.29, 0.717) is 29.4 Å². The van der Waals surface area contributed by atoms with E-state index in [1.165, 1.54) is 11.8 Å². The van der Waals surface area contributed by atoms with Crippen molar-refractivity contribution in [3.8, 4) is 11.5 Å². The lowest BCUT2D eigenvalue weighted by Gasteiger charge is -2.09. The van der Waals surface area contributed by atoms with Gasteiger partial charge < -0.3 is 19.5 Å². The van der Waals surface area contributed by atoms with Crippen LogP contribution in [0.15, 0.2) is 47.5 Å². The van der Waals surface area contributed by atoms with E-state index in [2.05, 4.69) is 10.3 Å². The van der Waals surface area contributed by atoms with Gasteiger partial charge in [0.1, 0.15) is 5.03 Å². The Balaban J connectivity index is 1.43. The number of aromatic nitrogens is 1. The number of esters is 1. The fourth-order valence-corrected chi connectivity index (χ4v) is 3.86. The second-order valence-electron chi connectivity index (χ2n) is 6.65. The molecule has 0 unspecified atom stereocenters. The van der Waals surface area contributed by atoms with Crippen molar-refractivity contribution in [2.45, 2.75) is 18.9 Å². The summed E-state index contributed by atoms with van der Waals surface area (Å²) in [4.78, 5) is 28.9. The molecule has 4 rings (SSSR count). The molecule has 1 aliphatic rings. The lowest BCUT2D eigenvalue weighted by Crippen LogP contribution is -2.15. The molecule has 30 heavy (non-hydrogen) atoms. The van der Waals surface area contributed by atoms with Crippen LogP contribution in [0.4, 0.5) is 5.69 Å². The highest BCUT2D eigenvalue weighted by Gasteiger charge is 2.16. The van der Waals surface area contributed by atoms with Crippen LogP contribution in [0, 0.1) is 6.92 Å². The monoisotopic (exact) mass is 424 g/mol. The third-order valence-electron chi connectivity index (χ3n) is 4.45. The molecule has 8 heteroatoms. The van der Waals surface area contributed by atoms with Gasteiger partial charge in [-0.1, -0.05) is 17.8 Å². The molecule has 1 aliphatic heterocycles. The number of nitrogens with one attached hydrogen (secondary N) is 1. The molecule has 0 saturated heterocycles. The van der Waals surface area contributed by atoms with E-state index in [9.17, 15) is 9.59 Å². The fourth-order valence-electron chi connectivity index (χ4n) is 3.07. The molecule has 3 aromatic rings. The Bertz CT molecular complexity index is 1130. The van der Waals surface area contributed by atoms with Crippen LogP contribution in [0.3, 0.4) is 0 Å². The first-order valence-electron chi connectivity index (χ1n) is 9.44. The minimum absolute atomic E-state index is 0.187. The van der Waals surface area contributed by atoms with Gasteiger partial charge in [0, 0.05) is 17.1 Å². The summed E-state index contributed by atoms with van der Waals surface area (Å²) in [6, 6.07) is 12.5. The predicted octanol–water partition coefficient (Wildman–Crippen LogP) is 4.18. The van der Waals surface area contributed by atoms with Gasteiger partial charge in [0.25, 0.3) is 0 Å².